The van der Waals surface area contributed by atoms with E-state index in [-0.39, 0.29) is 0 Å². The van der Waals surface area contributed by atoms with Gasteiger partial charge in [-0.05, 0) is 24.6 Å². The van der Waals surface area contributed by atoms with Crippen molar-refractivity contribution in [1.29, 1.82) is 0 Å². The van der Waals surface area contributed by atoms with Gasteiger partial charge in [0.25, 0.3) is 0 Å². The van der Waals surface area contributed by atoms with E-state index in [2.05, 4.69) is 32.0 Å². The van der Waals surface area contributed by atoms with E-state index in [1.807, 2.05) is 19.1 Å². The lowest BCUT2D eigenvalue weighted by atomic mass is 10.1. The van der Waals surface area contributed by atoms with Gasteiger partial charge >= 0.3 is 0 Å². The fraction of sp³-hybridized carbons (Fsp3) is 0.167. The van der Waals surface area contributed by atoms with Crippen LogP contribution in [0.15, 0.2) is 35.1 Å². The van der Waals surface area contributed by atoms with Gasteiger partial charge < -0.3 is 5.73 Å². The van der Waals surface area contributed by atoms with Gasteiger partial charge in [0.1, 0.15) is 0 Å². The fourth-order valence-electron chi connectivity index (χ4n) is 1.40. The Morgan fingerprint density at radius 3 is 2.50 bits per heavy atom. The lowest BCUT2D eigenvalue weighted by molar-refractivity contribution is 1.01. The Morgan fingerprint density at radius 1 is 1.25 bits per heavy atom. The van der Waals surface area contributed by atoms with Gasteiger partial charge in [0.15, 0.2) is 5.82 Å². The molecule has 1 aromatic carbocycles. The van der Waals surface area contributed by atoms with Crippen molar-refractivity contribution in [3.63, 3.8) is 0 Å². The zero-order chi connectivity index (χ0) is 11.5. The Kier molecular flexibility index (Phi) is 3.31. The number of hydrogen-bond acceptors (Lipinski definition) is 3. The Balaban J connectivity index is 2.42. The number of rotatable bonds is 2. The number of aryl methyl sites for hydroxylation is 1. The van der Waals surface area contributed by atoms with Crippen molar-refractivity contribution in [1.82, 2.24) is 9.97 Å². The van der Waals surface area contributed by atoms with E-state index in [4.69, 9.17) is 5.73 Å². The summed E-state index contributed by atoms with van der Waals surface area (Å²) in [7, 11) is 0. The number of nitrogens with zero attached hydrogens (tertiary/aromatic N) is 2. The topological polar surface area (TPSA) is 51.8 Å². The molecule has 4 heteroatoms. The van der Waals surface area contributed by atoms with Crippen molar-refractivity contribution < 1.29 is 0 Å². The van der Waals surface area contributed by atoms with Crippen LogP contribution in [0.3, 0.4) is 0 Å². The Hall–Kier alpha value is -1.26. The molecule has 0 unspecified atom stereocenters. The molecule has 0 saturated carbocycles. The molecule has 0 spiro atoms. The smallest absolute Gasteiger partial charge is 0.160 e. The highest BCUT2D eigenvalue weighted by atomic mass is 79.9. The molecule has 0 amide bonds. The van der Waals surface area contributed by atoms with E-state index in [1.165, 1.54) is 5.56 Å². The Bertz CT molecular complexity index is 494. The molecule has 0 aliphatic rings. The summed E-state index contributed by atoms with van der Waals surface area (Å²) in [6, 6.07) is 6.10. The van der Waals surface area contributed by atoms with Crippen LogP contribution in [0.1, 0.15) is 11.1 Å². The third kappa shape index (κ3) is 2.28. The zero-order valence-corrected chi connectivity index (χ0v) is 10.5. The van der Waals surface area contributed by atoms with Crippen molar-refractivity contribution in [3.05, 3.63) is 46.2 Å². The number of halogens is 1. The summed E-state index contributed by atoms with van der Waals surface area (Å²) >= 11 is 3.51. The number of hydrogen-bond donors (Lipinski definition) is 1. The first-order valence-corrected chi connectivity index (χ1v) is 5.77. The predicted octanol–water partition coefficient (Wildman–Crippen LogP) is 2.67. The molecule has 0 radical (unpaired) electrons. The maximum Gasteiger partial charge on any atom is 0.160 e. The molecule has 0 atom stereocenters. The number of benzene rings is 1. The Morgan fingerprint density at radius 2 is 1.94 bits per heavy atom. The van der Waals surface area contributed by atoms with E-state index >= 15 is 0 Å². The van der Waals surface area contributed by atoms with Crippen molar-refractivity contribution in [2.45, 2.75) is 13.5 Å². The minimum absolute atomic E-state index is 0.468. The molecule has 16 heavy (non-hydrogen) atoms. The number of aromatic nitrogens is 2. The minimum Gasteiger partial charge on any atom is -0.326 e. The van der Waals surface area contributed by atoms with Crippen LogP contribution >= 0.6 is 15.9 Å². The molecule has 0 bridgehead atoms. The quantitative estimate of drug-likeness (QED) is 0.918. The maximum absolute atomic E-state index is 5.50. The SMILES string of the molecule is Cc1ccc(-c2ncc(CN)cn2)c(Br)c1. The lowest BCUT2D eigenvalue weighted by Crippen LogP contribution is -1.99. The van der Waals surface area contributed by atoms with Gasteiger partial charge in [-0.1, -0.05) is 22.0 Å². The molecule has 82 valence electrons. The molecule has 1 aromatic heterocycles. The highest BCUT2D eigenvalue weighted by Gasteiger charge is 2.05. The monoisotopic (exact) mass is 277 g/mol. The van der Waals surface area contributed by atoms with E-state index < -0.39 is 0 Å². The van der Waals surface area contributed by atoms with Gasteiger partial charge in [-0.15, -0.1) is 0 Å². The second-order valence-corrected chi connectivity index (χ2v) is 4.46. The standard InChI is InChI=1S/C12H12BrN3/c1-8-2-3-10(11(13)4-8)12-15-6-9(5-14)7-16-12/h2-4,6-7H,5,14H2,1H3. The average molecular weight is 278 g/mol. The van der Waals surface area contributed by atoms with Gasteiger partial charge in [0.2, 0.25) is 0 Å². The third-order valence-corrected chi connectivity index (χ3v) is 2.96. The molecule has 0 fully saturated rings. The minimum atomic E-state index is 0.468. The van der Waals surface area contributed by atoms with Gasteiger partial charge in [-0.2, -0.15) is 0 Å². The van der Waals surface area contributed by atoms with Crippen molar-refractivity contribution >= 4 is 15.9 Å². The first-order valence-electron chi connectivity index (χ1n) is 4.98. The molecule has 2 N–H and O–H groups in total. The van der Waals surface area contributed by atoms with Crippen molar-refractivity contribution in [2.75, 3.05) is 0 Å². The molecular weight excluding hydrogens is 266 g/mol. The van der Waals surface area contributed by atoms with Crippen LogP contribution in [-0.2, 0) is 6.54 Å². The van der Waals surface area contributed by atoms with Crippen LogP contribution in [0.25, 0.3) is 11.4 Å². The fourth-order valence-corrected chi connectivity index (χ4v) is 2.07. The summed E-state index contributed by atoms with van der Waals surface area (Å²) in [5, 5.41) is 0. The van der Waals surface area contributed by atoms with Crippen molar-refractivity contribution in [2.24, 2.45) is 5.73 Å². The highest BCUT2D eigenvalue weighted by molar-refractivity contribution is 9.10. The average Bonchev–Trinajstić information content (AvgIpc) is 2.29. The molecule has 3 nitrogen and oxygen atoms in total. The summed E-state index contributed by atoms with van der Waals surface area (Å²) in [5.41, 5.74) is 8.63. The number of nitrogens with two attached hydrogens (primary N) is 1. The van der Waals surface area contributed by atoms with Gasteiger partial charge in [0.05, 0.1) is 0 Å². The van der Waals surface area contributed by atoms with Gasteiger partial charge in [-0.3, -0.25) is 0 Å². The van der Waals surface area contributed by atoms with E-state index in [9.17, 15) is 0 Å². The van der Waals surface area contributed by atoms with Gasteiger partial charge in [-0.25, -0.2) is 9.97 Å². The third-order valence-electron chi connectivity index (χ3n) is 2.31. The maximum atomic E-state index is 5.50. The van der Waals surface area contributed by atoms with Crippen molar-refractivity contribution in [3.8, 4) is 11.4 Å². The summed E-state index contributed by atoms with van der Waals surface area (Å²) < 4.78 is 1.01. The van der Waals surface area contributed by atoms with E-state index in [1.54, 1.807) is 12.4 Å². The first kappa shape index (κ1) is 11.2. The lowest BCUT2D eigenvalue weighted by Gasteiger charge is -2.04. The van der Waals surface area contributed by atoms with Gasteiger partial charge in [0, 0.05) is 34.5 Å². The largest absolute Gasteiger partial charge is 0.326 e. The summed E-state index contributed by atoms with van der Waals surface area (Å²) in [6.45, 7) is 2.52. The molecule has 1 heterocycles. The summed E-state index contributed by atoms with van der Waals surface area (Å²) in [6.07, 6.45) is 3.52. The molecular formula is C12H12BrN3. The second kappa shape index (κ2) is 4.72. The van der Waals surface area contributed by atoms with Crippen LogP contribution in [0.2, 0.25) is 0 Å². The predicted molar refractivity (Wildman–Crippen MR) is 67.8 cm³/mol. The summed E-state index contributed by atoms with van der Waals surface area (Å²) in [4.78, 5) is 8.58. The van der Waals surface area contributed by atoms with E-state index in [0.717, 1.165) is 15.6 Å². The van der Waals surface area contributed by atoms with E-state index in [0.29, 0.717) is 12.4 Å². The van der Waals surface area contributed by atoms with Crippen LogP contribution < -0.4 is 5.73 Å². The molecule has 2 aromatic rings. The van der Waals surface area contributed by atoms with Crippen LogP contribution in [0.4, 0.5) is 0 Å². The molecule has 2 rings (SSSR count). The second-order valence-electron chi connectivity index (χ2n) is 3.60. The van der Waals surface area contributed by atoms with Crippen LogP contribution in [0, 0.1) is 6.92 Å². The first-order chi connectivity index (χ1) is 7.70. The highest BCUT2D eigenvalue weighted by Crippen LogP contribution is 2.26. The summed E-state index contributed by atoms with van der Waals surface area (Å²) in [5.74, 6) is 0.712. The molecule has 0 aliphatic heterocycles. The van der Waals surface area contributed by atoms with Crippen LogP contribution in [-0.4, -0.2) is 9.97 Å². The zero-order valence-electron chi connectivity index (χ0n) is 8.94. The molecule has 0 saturated heterocycles. The van der Waals surface area contributed by atoms with Crippen LogP contribution in [0.5, 0.6) is 0 Å². The normalized spacial score (nSPS) is 10.4. The molecule has 0 aliphatic carbocycles. The Labute approximate surface area is 103 Å².